The summed E-state index contributed by atoms with van der Waals surface area (Å²) in [6.45, 7) is 0. The van der Waals surface area contributed by atoms with Crippen LogP contribution in [-0.4, -0.2) is 10.2 Å². The minimum atomic E-state index is 0.352. The Morgan fingerprint density at radius 2 is 1.81 bits per heavy atom. The quantitative estimate of drug-likeness (QED) is 0.714. The third-order valence-electron chi connectivity index (χ3n) is 2.13. The highest BCUT2D eigenvalue weighted by Crippen LogP contribution is 2.19. The summed E-state index contributed by atoms with van der Waals surface area (Å²) >= 11 is 0. The normalized spacial score (nSPS) is 9.12. The Morgan fingerprint density at radius 1 is 1.00 bits per heavy atom. The molecule has 0 unspecified atom stereocenters. The van der Waals surface area contributed by atoms with Crippen LogP contribution in [0.5, 0.6) is 0 Å². The molecule has 0 spiro atoms. The van der Waals surface area contributed by atoms with Crippen molar-refractivity contribution in [2.24, 2.45) is 0 Å². The Labute approximate surface area is 92.4 Å². The SMILES string of the molecule is N#Cc1ccc(-c2cccnn2)cc1C#N. The number of benzene rings is 1. The molecule has 4 nitrogen and oxygen atoms in total. The van der Waals surface area contributed by atoms with E-state index in [9.17, 15) is 0 Å². The van der Waals surface area contributed by atoms with E-state index in [1.54, 1.807) is 36.5 Å². The summed E-state index contributed by atoms with van der Waals surface area (Å²) in [6, 6.07) is 12.5. The average Bonchev–Trinajstić information content (AvgIpc) is 2.39. The fourth-order valence-electron chi connectivity index (χ4n) is 1.35. The molecule has 16 heavy (non-hydrogen) atoms. The number of hydrogen-bond acceptors (Lipinski definition) is 4. The third kappa shape index (κ3) is 1.73. The largest absolute Gasteiger partial charge is 0.192 e. The molecular formula is C12H6N4. The van der Waals surface area contributed by atoms with Crippen LogP contribution in [0.3, 0.4) is 0 Å². The second kappa shape index (κ2) is 4.20. The highest BCUT2D eigenvalue weighted by Gasteiger charge is 2.05. The zero-order valence-corrected chi connectivity index (χ0v) is 8.25. The van der Waals surface area contributed by atoms with Gasteiger partial charge in [-0.3, -0.25) is 0 Å². The van der Waals surface area contributed by atoms with Crippen molar-refractivity contribution in [1.29, 1.82) is 10.5 Å². The van der Waals surface area contributed by atoms with Crippen LogP contribution >= 0.6 is 0 Å². The molecule has 0 bridgehead atoms. The van der Waals surface area contributed by atoms with Crippen LogP contribution in [0.4, 0.5) is 0 Å². The number of aromatic nitrogens is 2. The Kier molecular flexibility index (Phi) is 2.58. The van der Waals surface area contributed by atoms with Gasteiger partial charge >= 0.3 is 0 Å². The monoisotopic (exact) mass is 206 g/mol. The van der Waals surface area contributed by atoms with Crippen molar-refractivity contribution in [3.05, 3.63) is 47.7 Å². The Hall–Kier alpha value is -2.72. The van der Waals surface area contributed by atoms with Crippen LogP contribution in [0.15, 0.2) is 36.5 Å². The molecule has 1 aromatic heterocycles. The van der Waals surface area contributed by atoms with Gasteiger partial charge in [0, 0.05) is 11.8 Å². The minimum absolute atomic E-state index is 0.352. The lowest BCUT2D eigenvalue weighted by Crippen LogP contribution is -1.89. The summed E-state index contributed by atoms with van der Waals surface area (Å²) in [7, 11) is 0. The molecule has 0 N–H and O–H groups in total. The summed E-state index contributed by atoms with van der Waals surface area (Å²) in [5.74, 6) is 0. The predicted molar refractivity (Wildman–Crippen MR) is 56.9 cm³/mol. The molecule has 0 radical (unpaired) electrons. The maximum Gasteiger partial charge on any atom is 0.101 e. The zero-order chi connectivity index (χ0) is 11.4. The third-order valence-corrected chi connectivity index (χ3v) is 2.13. The van der Waals surface area contributed by atoms with Gasteiger partial charge in [-0.15, -0.1) is 0 Å². The molecule has 0 aliphatic carbocycles. The summed E-state index contributed by atoms with van der Waals surface area (Å²) in [6.07, 6.45) is 1.58. The first-order valence-electron chi connectivity index (χ1n) is 4.57. The molecule has 1 aromatic carbocycles. The molecule has 0 aliphatic rings. The van der Waals surface area contributed by atoms with Gasteiger partial charge < -0.3 is 0 Å². The number of rotatable bonds is 1. The fourth-order valence-corrected chi connectivity index (χ4v) is 1.35. The van der Waals surface area contributed by atoms with Crippen molar-refractivity contribution in [3.63, 3.8) is 0 Å². The fraction of sp³-hybridized carbons (Fsp3) is 0. The molecule has 2 rings (SSSR count). The van der Waals surface area contributed by atoms with Crippen molar-refractivity contribution in [2.75, 3.05) is 0 Å². The van der Waals surface area contributed by atoms with Gasteiger partial charge in [-0.1, -0.05) is 6.07 Å². The topological polar surface area (TPSA) is 73.4 Å². The molecule has 1 heterocycles. The van der Waals surface area contributed by atoms with Gasteiger partial charge in [0.2, 0.25) is 0 Å². The molecule has 4 heteroatoms. The van der Waals surface area contributed by atoms with Crippen LogP contribution < -0.4 is 0 Å². The van der Waals surface area contributed by atoms with Gasteiger partial charge in [0.05, 0.1) is 16.8 Å². The standard InChI is InChI=1S/C12H6N4/c13-7-10-4-3-9(6-11(10)8-14)12-2-1-5-15-16-12/h1-6H. The molecule has 0 saturated heterocycles. The van der Waals surface area contributed by atoms with E-state index >= 15 is 0 Å². The van der Waals surface area contributed by atoms with E-state index in [2.05, 4.69) is 10.2 Å². The molecule has 0 amide bonds. The highest BCUT2D eigenvalue weighted by molar-refractivity contribution is 5.63. The predicted octanol–water partition coefficient (Wildman–Crippen LogP) is 1.89. The maximum atomic E-state index is 8.88. The van der Waals surface area contributed by atoms with E-state index in [0.29, 0.717) is 16.8 Å². The molecule has 0 atom stereocenters. The van der Waals surface area contributed by atoms with Crippen molar-refractivity contribution in [3.8, 4) is 23.4 Å². The Morgan fingerprint density at radius 3 is 2.44 bits per heavy atom. The smallest absolute Gasteiger partial charge is 0.101 e. The van der Waals surface area contributed by atoms with E-state index in [0.717, 1.165) is 5.56 Å². The van der Waals surface area contributed by atoms with Crippen LogP contribution in [0.25, 0.3) is 11.3 Å². The van der Waals surface area contributed by atoms with Crippen LogP contribution in [-0.2, 0) is 0 Å². The molecule has 2 aromatic rings. The highest BCUT2D eigenvalue weighted by atomic mass is 15.1. The van der Waals surface area contributed by atoms with Crippen molar-refractivity contribution in [1.82, 2.24) is 10.2 Å². The summed E-state index contributed by atoms with van der Waals surface area (Å²) in [5.41, 5.74) is 2.19. The van der Waals surface area contributed by atoms with E-state index in [1.807, 2.05) is 12.1 Å². The van der Waals surface area contributed by atoms with Gasteiger partial charge in [-0.25, -0.2) is 0 Å². The van der Waals surface area contributed by atoms with Crippen LogP contribution in [0.1, 0.15) is 11.1 Å². The first-order valence-corrected chi connectivity index (χ1v) is 4.57. The summed E-state index contributed by atoms with van der Waals surface area (Å²) in [5, 5.41) is 25.4. The molecular weight excluding hydrogens is 200 g/mol. The maximum absolute atomic E-state index is 8.88. The first kappa shape index (κ1) is 9.82. The van der Waals surface area contributed by atoms with Gasteiger partial charge in [0.25, 0.3) is 0 Å². The van der Waals surface area contributed by atoms with Crippen LogP contribution in [0, 0.1) is 22.7 Å². The van der Waals surface area contributed by atoms with E-state index in [1.165, 1.54) is 0 Å². The lowest BCUT2D eigenvalue weighted by atomic mass is 10.0. The second-order valence-electron chi connectivity index (χ2n) is 3.09. The van der Waals surface area contributed by atoms with Gasteiger partial charge in [0.15, 0.2) is 0 Å². The summed E-state index contributed by atoms with van der Waals surface area (Å²) in [4.78, 5) is 0. The Bertz CT molecular complexity index is 591. The van der Waals surface area contributed by atoms with E-state index < -0.39 is 0 Å². The number of hydrogen-bond donors (Lipinski definition) is 0. The lowest BCUT2D eigenvalue weighted by molar-refractivity contribution is 1.04. The van der Waals surface area contributed by atoms with Crippen LogP contribution in [0.2, 0.25) is 0 Å². The van der Waals surface area contributed by atoms with Crippen molar-refractivity contribution in [2.45, 2.75) is 0 Å². The molecule has 74 valence electrons. The van der Waals surface area contributed by atoms with Crippen molar-refractivity contribution >= 4 is 0 Å². The first-order chi connectivity index (χ1) is 7.85. The minimum Gasteiger partial charge on any atom is -0.192 e. The molecule has 0 aliphatic heterocycles. The number of nitriles is 2. The average molecular weight is 206 g/mol. The molecule has 0 fully saturated rings. The van der Waals surface area contributed by atoms with Gasteiger partial charge in [-0.2, -0.15) is 20.7 Å². The summed E-state index contributed by atoms with van der Waals surface area (Å²) < 4.78 is 0. The van der Waals surface area contributed by atoms with E-state index in [-0.39, 0.29) is 0 Å². The molecule has 0 saturated carbocycles. The second-order valence-corrected chi connectivity index (χ2v) is 3.09. The van der Waals surface area contributed by atoms with Gasteiger partial charge in [0.1, 0.15) is 12.1 Å². The Balaban J connectivity index is 2.55. The zero-order valence-electron chi connectivity index (χ0n) is 8.25. The van der Waals surface area contributed by atoms with Crippen molar-refractivity contribution < 1.29 is 0 Å². The van der Waals surface area contributed by atoms with Gasteiger partial charge in [-0.05, 0) is 24.3 Å². The van der Waals surface area contributed by atoms with E-state index in [4.69, 9.17) is 10.5 Å². The lowest BCUT2D eigenvalue weighted by Gasteiger charge is -2.00. The number of nitrogens with zero attached hydrogens (tertiary/aromatic N) is 4.